The van der Waals surface area contributed by atoms with Gasteiger partial charge in [0.25, 0.3) is 11.4 Å². The number of hydrogen-bond donors (Lipinski definition) is 3. The van der Waals surface area contributed by atoms with Crippen molar-refractivity contribution >= 4 is 53.3 Å². The molecule has 0 amide bonds. The predicted octanol–water partition coefficient (Wildman–Crippen LogP) is 14.0. The standard InChI is InChI=1S/C23H19N3S.C22H31N2O10PSi.C18H16NO4P/c27-14-11-17-7-9-18(10-8-17)19-15-22(20-5-1-3-12-24-20)26-23(16-19)21-6-2-4-13-25-21;1-30-36(31-2,32-3)16-10-4-9-15-35(29,33-17-19-11-5-7-13-21(19)23(25)26)34-18-20-12-6-8-14-22(20)24(27)28;20-24(21,22)18-7-1-14(2-8-18)13-23-17-5-3-15(4-6-17)16-9-11-19-12-10-16/h1-10,12-13,15-16,27H,11,14H2;5-8,11-14H,4,9-10,15-18H2,1-3H3;1-12H,13H2,(H2,20,21,22). The van der Waals surface area contributed by atoms with E-state index in [0.29, 0.717) is 31.9 Å². The van der Waals surface area contributed by atoms with Crippen LogP contribution in [0, 0.1) is 20.2 Å². The van der Waals surface area contributed by atoms with Crippen LogP contribution in [0.25, 0.3) is 45.0 Å². The number of ether oxygens (including phenoxy) is 1. The Morgan fingerprint density at radius 1 is 0.529 bits per heavy atom. The first-order valence-electron chi connectivity index (χ1n) is 27.4. The van der Waals surface area contributed by atoms with Crippen LogP contribution in [0.4, 0.5) is 11.4 Å². The van der Waals surface area contributed by atoms with Crippen molar-refractivity contribution in [2.75, 3.05) is 33.2 Å². The molecule has 9 rings (SSSR count). The van der Waals surface area contributed by atoms with Crippen molar-refractivity contribution in [1.29, 1.82) is 0 Å². The second-order valence-electron chi connectivity index (χ2n) is 19.2. The zero-order valence-corrected chi connectivity index (χ0v) is 51.7. The third-order valence-electron chi connectivity index (χ3n) is 13.5. The molecule has 0 aliphatic rings. The van der Waals surface area contributed by atoms with Gasteiger partial charge < -0.3 is 36.8 Å². The molecule has 452 valence electrons. The Kier molecular flexibility index (Phi) is 25.4. The topological polar surface area (TPSA) is 268 Å². The largest absolute Gasteiger partial charge is 0.500 e. The van der Waals surface area contributed by atoms with Gasteiger partial charge in [-0.3, -0.25) is 44.3 Å². The van der Waals surface area contributed by atoms with Crippen molar-refractivity contribution in [3.63, 3.8) is 0 Å². The quantitative estimate of drug-likeness (QED) is 0.0108. The van der Waals surface area contributed by atoms with E-state index in [2.05, 4.69) is 64.0 Å². The lowest BCUT2D eigenvalue weighted by molar-refractivity contribution is -0.385. The normalized spacial score (nSPS) is 11.4. The number of benzene rings is 5. The zero-order valence-electron chi connectivity index (χ0n) is 48.0. The molecule has 0 radical (unpaired) electrons. The Bertz CT molecular complexity index is 3580. The number of nitrogens with zero attached hydrogens (tertiary/aromatic N) is 6. The van der Waals surface area contributed by atoms with Crippen molar-refractivity contribution < 1.29 is 55.8 Å². The first kappa shape index (κ1) is 66.6. The summed E-state index contributed by atoms with van der Waals surface area (Å²) in [5, 5.41) is 22.6. The van der Waals surface area contributed by atoms with E-state index < -0.39 is 33.8 Å². The van der Waals surface area contributed by atoms with Crippen LogP contribution in [0.1, 0.15) is 41.5 Å². The number of aryl methyl sites for hydroxylation is 1. The van der Waals surface area contributed by atoms with Gasteiger partial charge in [-0.25, -0.2) is 4.98 Å². The van der Waals surface area contributed by atoms with Gasteiger partial charge in [-0.15, -0.1) is 0 Å². The Morgan fingerprint density at radius 2 is 1.01 bits per heavy atom. The van der Waals surface area contributed by atoms with Gasteiger partial charge in [0.2, 0.25) is 0 Å². The fourth-order valence-corrected chi connectivity index (χ4v) is 12.9. The van der Waals surface area contributed by atoms with E-state index >= 15 is 0 Å². The Hall–Kier alpha value is -7.95. The monoisotopic (exact) mass is 1250 g/mol. The van der Waals surface area contributed by atoms with Gasteiger partial charge >= 0.3 is 24.0 Å². The maximum atomic E-state index is 13.6. The third-order valence-corrected chi connectivity index (χ3v) is 19.4. The minimum Gasteiger partial charge on any atom is -0.489 e. The molecule has 20 nitrogen and oxygen atoms in total. The van der Waals surface area contributed by atoms with Crippen LogP contribution in [0.3, 0.4) is 0 Å². The molecule has 0 unspecified atom stereocenters. The smallest absolute Gasteiger partial charge is 0.489 e. The average Bonchev–Trinajstić information content (AvgIpc) is 3.75. The summed E-state index contributed by atoms with van der Waals surface area (Å²) in [5.41, 5.74) is 10.1. The molecule has 9 aromatic rings. The molecule has 24 heteroatoms. The number of thiol groups is 1. The van der Waals surface area contributed by atoms with Crippen molar-refractivity contribution in [3.05, 3.63) is 249 Å². The Balaban J connectivity index is 0.000000190. The molecule has 0 aliphatic heterocycles. The van der Waals surface area contributed by atoms with E-state index in [4.69, 9.17) is 41.8 Å². The zero-order chi connectivity index (χ0) is 62.1. The lowest BCUT2D eigenvalue weighted by Gasteiger charge is -2.24. The highest BCUT2D eigenvalue weighted by Crippen LogP contribution is 2.51. The lowest BCUT2D eigenvalue weighted by atomic mass is 10.0. The maximum Gasteiger partial charge on any atom is 0.500 e. The minimum atomic E-state index is -4.20. The number of nitro benzene ring substituents is 2. The molecule has 0 bridgehead atoms. The number of rotatable bonds is 27. The van der Waals surface area contributed by atoms with E-state index in [1.165, 1.54) is 75.4 Å². The first-order chi connectivity index (χ1) is 42.0. The average molecular weight is 1250 g/mol. The van der Waals surface area contributed by atoms with Crippen LogP contribution in [-0.4, -0.2) is 81.6 Å². The van der Waals surface area contributed by atoms with Gasteiger partial charge in [0.05, 0.1) is 68.4 Å². The summed E-state index contributed by atoms with van der Waals surface area (Å²) in [4.78, 5) is 57.4. The van der Waals surface area contributed by atoms with E-state index in [-0.39, 0.29) is 47.2 Å². The molecule has 0 atom stereocenters. The number of unbranched alkanes of at least 4 members (excludes halogenated alkanes) is 2. The molecule has 5 aromatic carbocycles. The van der Waals surface area contributed by atoms with Crippen LogP contribution in [0.5, 0.6) is 5.75 Å². The fourth-order valence-electron chi connectivity index (χ4n) is 8.73. The number of nitro groups is 2. The van der Waals surface area contributed by atoms with Gasteiger partial charge in [-0.2, -0.15) is 12.6 Å². The van der Waals surface area contributed by atoms with Gasteiger partial charge in [0.1, 0.15) is 12.4 Å². The van der Waals surface area contributed by atoms with Crippen molar-refractivity contribution in [2.24, 2.45) is 0 Å². The lowest BCUT2D eigenvalue weighted by Crippen LogP contribution is -2.42. The highest BCUT2D eigenvalue weighted by Gasteiger charge is 2.37. The first-order valence-corrected chi connectivity index (χ1v) is 33.3. The molecule has 0 fully saturated rings. The van der Waals surface area contributed by atoms with Crippen LogP contribution < -0.4 is 10.0 Å². The molecule has 4 heterocycles. The predicted molar refractivity (Wildman–Crippen MR) is 340 cm³/mol. The molecule has 0 saturated heterocycles. The second kappa shape index (κ2) is 33.2. The molecule has 0 saturated carbocycles. The Morgan fingerprint density at radius 3 is 1.49 bits per heavy atom. The second-order valence-corrected chi connectivity index (χ2v) is 26.6. The summed E-state index contributed by atoms with van der Waals surface area (Å²) < 4.78 is 57.9. The minimum absolute atomic E-state index is 0.00736. The van der Waals surface area contributed by atoms with Gasteiger partial charge in [-0.05, 0) is 143 Å². The molecular formula is C63H66N6O14P2SSi. The van der Waals surface area contributed by atoms with E-state index in [9.17, 15) is 29.4 Å². The van der Waals surface area contributed by atoms with Gasteiger partial charge in [0, 0.05) is 64.3 Å². The van der Waals surface area contributed by atoms with Crippen LogP contribution in [-0.2, 0) is 57.7 Å². The fraction of sp³-hybridized carbons (Fsp3) is 0.206. The van der Waals surface area contributed by atoms with Crippen LogP contribution >= 0.6 is 27.8 Å². The summed E-state index contributed by atoms with van der Waals surface area (Å²) in [6, 6.07) is 54.8. The SMILES string of the molecule is CO[Si](CCCCCP(=O)(OCc1ccccc1[N+](=O)[O-])OCc1ccccc1[N+](=O)[O-])(OC)OC.O=P(O)(O)c1ccc(COc2ccc(-c3ccncc3)cc2)cc1.SCCc1ccc(-c2cc(-c3ccccn3)nc(-c3ccccn3)c2)cc1. The van der Waals surface area contributed by atoms with Crippen LogP contribution in [0.2, 0.25) is 6.04 Å². The summed E-state index contributed by atoms with van der Waals surface area (Å²) in [5.74, 6) is 1.58. The number of pyridine rings is 4. The number of para-hydroxylation sites is 2. The molecule has 4 aromatic heterocycles. The Labute approximate surface area is 511 Å². The molecule has 0 spiro atoms. The van der Waals surface area contributed by atoms with Crippen molar-refractivity contribution in [1.82, 2.24) is 19.9 Å². The van der Waals surface area contributed by atoms with Gasteiger partial charge in [-0.1, -0.05) is 91.3 Å². The van der Waals surface area contributed by atoms with Crippen molar-refractivity contribution in [3.8, 4) is 50.8 Å². The molecule has 87 heavy (non-hydrogen) atoms. The number of aromatic nitrogens is 4. The molecule has 0 aliphatic carbocycles. The van der Waals surface area contributed by atoms with Crippen LogP contribution in [0.15, 0.2) is 207 Å². The van der Waals surface area contributed by atoms with Gasteiger partial charge in [0.15, 0.2) is 0 Å². The van der Waals surface area contributed by atoms with Crippen molar-refractivity contribution in [2.45, 2.75) is 51.5 Å². The third kappa shape index (κ3) is 20.3. The highest BCUT2D eigenvalue weighted by atomic mass is 32.1. The summed E-state index contributed by atoms with van der Waals surface area (Å²) in [6.07, 6.45) is 9.84. The summed E-state index contributed by atoms with van der Waals surface area (Å²) >= 11 is 4.31. The maximum absolute atomic E-state index is 13.6. The molecule has 2 N–H and O–H groups in total. The molecular weight excluding hydrogens is 1190 g/mol. The van der Waals surface area contributed by atoms with E-state index in [1.54, 1.807) is 49.1 Å². The summed E-state index contributed by atoms with van der Waals surface area (Å²) in [7, 11) is -6.11. The van der Waals surface area contributed by atoms with E-state index in [0.717, 1.165) is 68.5 Å². The summed E-state index contributed by atoms with van der Waals surface area (Å²) in [6.45, 7) is -0.285. The number of hydrogen-bond acceptors (Lipinski definition) is 17. The van der Waals surface area contributed by atoms with E-state index in [1.807, 2.05) is 72.8 Å². The highest BCUT2D eigenvalue weighted by molar-refractivity contribution is 7.80.